The van der Waals surface area contributed by atoms with E-state index < -0.39 is 5.60 Å². The Morgan fingerprint density at radius 3 is 2.73 bits per heavy atom. The molecule has 2 atom stereocenters. The normalized spacial score (nSPS) is 30.4. The van der Waals surface area contributed by atoms with E-state index in [0.29, 0.717) is 18.6 Å². The van der Waals surface area contributed by atoms with Crippen LogP contribution in [0.4, 0.5) is 0 Å². The Bertz CT molecular complexity index is 197. The summed E-state index contributed by atoms with van der Waals surface area (Å²) in [6.45, 7) is 1.38. The molecular weight excluding hydrogens is 192 g/mol. The highest BCUT2D eigenvalue weighted by Crippen LogP contribution is 2.42. The highest BCUT2D eigenvalue weighted by atomic mass is 16.5. The first-order valence-electron chi connectivity index (χ1n) is 6.07. The lowest BCUT2D eigenvalue weighted by Gasteiger charge is -2.28. The highest BCUT2D eigenvalue weighted by Gasteiger charge is 2.43. The molecule has 1 saturated heterocycles. The number of hydrogen-bond donors (Lipinski definition) is 1. The molecule has 2 rings (SSSR count). The van der Waals surface area contributed by atoms with Gasteiger partial charge in [-0.15, -0.1) is 0 Å². The zero-order chi connectivity index (χ0) is 10.7. The maximum absolute atomic E-state index is 10.4. The number of methoxy groups -OCH3 is 1. The van der Waals surface area contributed by atoms with E-state index in [0.717, 1.165) is 38.7 Å². The van der Waals surface area contributed by atoms with Crippen molar-refractivity contribution in [2.75, 3.05) is 20.3 Å². The molecule has 0 aromatic carbocycles. The van der Waals surface area contributed by atoms with Gasteiger partial charge in [-0.3, -0.25) is 0 Å². The third-order valence-electron chi connectivity index (χ3n) is 3.65. The second kappa shape index (κ2) is 4.81. The van der Waals surface area contributed by atoms with Crippen LogP contribution < -0.4 is 0 Å². The van der Waals surface area contributed by atoms with Gasteiger partial charge in [0.15, 0.2) is 0 Å². The molecule has 0 bridgehead atoms. The Morgan fingerprint density at radius 2 is 2.20 bits per heavy atom. The molecule has 1 N–H and O–H groups in total. The smallest absolute Gasteiger partial charge is 0.0908 e. The minimum absolute atomic E-state index is 0.382. The number of hydrogen-bond acceptors (Lipinski definition) is 3. The number of rotatable bonds is 6. The minimum Gasteiger partial charge on any atom is -0.387 e. The molecule has 2 unspecified atom stereocenters. The predicted molar refractivity (Wildman–Crippen MR) is 57.8 cm³/mol. The van der Waals surface area contributed by atoms with Gasteiger partial charge in [-0.05, 0) is 44.4 Å². The fourth-order valence-electron chi connectivity index (χ4n) is 2.55. The van der Waals surface area contributed by atoms with Gasteiger partial charge in [-0.25, -0.2) is 0 Å². The van der Waals surface area contributed by atoms with Crippen molar-refractivity contribution in [2.24, 2.45) is 5.92 Å². The van der Waals surface area contributed by atoms with Gasteiger partial charge in [0.05, 0.1) is 18.3 Å². The maximum atomic E-state index is 10.4. The van der Waals surface area contributed by atoms with Crippen LogP contribution in [-0.2, 0) is 9.47 Å². The largest absolute Gasteiger partial charge is 0.387 e. The lowest BCUT2D eigenvalue weighted by molar-refractivity contribution is -0.0620. The Labute approximate surface area is 91.8 Å². The number of aliphatic hydroxyl groups is 1. The first-order valence-corrected chi connectivity index (χ1v) is 6.07. The van der Waals surface area contributed by atoms with Crippen molar-refractivity contribution < 1.29 is 14.6 Å². The lowest BCUT2D eigenvalue weighted by atomic mass is 9.91. The quantitative estimate of drug-likeness (QED) is 0.732. The summed E-state index contributed by atoms with van der Waals surface area (Å²) in [6, 6.07) is 0. The van der Waals surface area contributed by atoms with Gasteiger partial charge in [-0.1, -0.05) is 0 Å². The van der Waals surface area contributed by atoms with Crippen LogP contribution in [0.3, 0.4) is 0 Å². The van der Waals surface area contributed by atoms with Crippen LogP contribution in [0.2, 0.25) is 0 Å². The van der Waals surface area contributed by atoms with E-state index in [1.807, 2.05) is 0 Å². The summed E-state index contributed by atoms with van der Waals surface area (Å²) in [5.74, 6) is 0.471. The van der Waals surface area contributed by atoms with Gasteiger partial charge in [0, 0.05) is 13.7 Å². The lowest BCUT2D eigenvalue weighted by Crippen LogP contribution is -2.37. The second-order valence-electron chi connectivity index (χ2n) is 4.98. The van der Waals surface area contributed by atoms with Gasteiger partial charge in [-0.2, -0.15) is 0 Å². The molecule has 3 heteroatoms. The van der Waals surface area contributed by atoms with E-state index in [1.54, 1.807) is 7.11 Å². The predicted octanol–water partition coefficient (Wildman–Crippen LogP) is 1.73. The van der Waals surface area contributed by atoms with Crippen molar-refractivity contribution in [1.29, 1.82) is 0 Å². The summed E-state index contributed by atoms with van der Waals surface area (Å²) >= 11 is 0. The van der Waals surface area contributed by atoms with Gasteiger partial charge in [0.2, 0.25) is 0 Å². The molecule has 0 aromatic rings. The Kier molecular flexibility index (Phi) is 3.65. The zero-order valence-electron chi connectivity index (χ0n) is 9.58. The molecule has 0 amide bonds. The third-order valence-corrected chi connectivity index (χ3v) is 3.65. The van der Waals surface area contributed by atoms with Crippen LogP contribution in [-0.4, -0.2) is 37.1 Å². The van der Waals surface area contributed by atoms with Crippen LogP contribution in [0.5, 0.6) is 0 Å². The van der Waals surface area contributed by atoms with Gasteiger partial charge in [0.25, 0.3) is 0 Å². The standard InChI is InChI=1S/C12H22O3/c1-14-9-12(13,10-4-5-10)7-6-11-3-2-8-15-11/h10-11,13H,2-9H2,1H3. The fourth-order valence-corrected chi connectivity index (χ4v) is 2.55. The molecular formula is C12H22O3. The molecule has 0 spiro atoms. The van der Waals surface area contributed by atoms with Gasteiger partial charge >= 0.3 is 0 Å². The van der Waals surface area contributed by atoms with Crippen molar-refractivity contribution in [3.63, 3.8) is 0 Å². The molecule has 88 valence electrons. The summed E-state index contributed by atoms with van der Waals surface area (Å²) in [4.78, 5) is 0. The molecule has 1 saturated carbocycles. The number of ether oxygens (including phenoxy) is 2. The van der Waals surface area contributed by atoms with Crippen molar-refractivity contribution >= 4 is 0 Å². The van der Waals surface area contributed by atoms with E-state index in [2.05, 4.69) is 0 Å². The van der Waals surface area contributed by atoms with Crippen LogP contribution >= 0.6 is 0 Å². The first kappa shape index (κ1) is 11.4. The molecule has 2 aliphatic rings. The Hall–Kier alpha value is -0.120. The summed E-state index contributed by atoms with van der Waals surface area (Å²) in [5, 5.41) is 10.4. The fraction of sp³-hybridized carbons (Fsp3) is 1.00. The molecule has 2 fully saturated rings. The van der Waals surface area contributed by atoms with E-state index in [1.165, 1.54) is 6.42 Å². The monoisotopic (exact) mass is 214 g/mol. The van der Waals surface area contributed by atoms with E-state index in [4.69, 9.17) is 9.47 Å². The maximum Gasteiger partial charge on any atom is 0.0908 e. The van der Waals surface area contributed by atoms with Crippen molar-refractivity contribution in [3.8, 4) is 0 Å². The molecule has 0 aromatic heterocycles. The third kappa shape index (κ3) is 2.92. The van der Waals surface area contributed by atoms with Crippen LogP contribution in [0.25, 0.3) is 0 Å². The molecule has 1 aliphatic heterocycles. The van der Waals surface area contributed by atoms with E-state index in [9.17, 15) is 5.11 Å². The van der Waals surface area contributed by atoms with Crippen molar-refractivity contribution in [1.82, 2.24) is 0 Å². The summed E-state index contributed by atoms with van der Waals surface area (Å²) in [7, 11) is 1.67. The average Bonchev–Trinajstić information content (AvgIpc) is 2.95. The first-order chi connectivity index (χ1) is 7.24. The van der Waals surface area contributed by atoms with E-state index in [-0.39, 0.29) is 0 Å². The second-order valence-corrected chi connectivity index (χ2v) is 4.98. The molecule has 1 heterocycles. The topological polar surface area (TPSA) is 38.7 Å². The summed E-state index contributed by atoms with van der Waals surface area (Å²) < 4.78 is 10.7. The highest BCUT2D eigenvalue weighted by molar-refractivity contribution is 4.95. The van der Waals surface area contributed by atoms with Crippen LogP contribution in [0.15, 0.2) is 0 Å². The molecule has 15 heavy (non-hydrogen) atoms. The van der Waals surface area contributed by atoms with E-state index >= 15 is 0 Å². The van der Waals surface area contributed by atoms with Crippen LogP contribution in [0, 0.1) is 5.92 Å². The summed E-state index contributed by atoms with van der Waals surface area (Å²) in [5.41, 5.74) is -0.583. The zero-order valence-corrected chi connectivity index (χ0v) is 9.58. The summed E-state index contributed by atoms with van der Waals surface area (Å²) in [6.07, 6.45) is 6.85. The minimum atomic E-state index is -0.583. The average molecular weight is 214 g/mol. The SMILES string of the molecule is COCC(O)(CCC1CCCO1)C1CC1. The van der Waals surface area contributed by atoms with Crippen molar-refractivity contribution in [3.05, 3.63) is 0 Å². The Morgan fingerprint density at radius 1 is 1.40 bits per heavy atom. The molecule has 3 nitrogen and oxygen atoms in total. The Balaban J connectivity index is 1.77. The van der Waals surface area contributed by atoms with Crippen LogP contribution in [0.1, 0.15) is 38.5 Å². The van der Waals surface area contributed by atoms with Crippen molar-refractivity contribution in [2.45, 2.75) is 50.2 Å². The van der Waals surface area contributed by atoms with Gasteiger partial charge in [0.1, 0.15) is 0 Å². The molecule has 0 radical (unpaired) electrons. The molecule has 1 aliphatic carbocycles. The van der Waals surface area contributed by atoms with Gasteiger partial charge < -0.3 is 14.6 Å².